The van der Waals surface area contributed by atoms with E-state index in [0.29, 0.717) is 17.0 Å². The molecular weight excluding hydrogens is 323 g/mol. The Labute approximate surface area is 116 Å². The highest BCUT2D eigenvalue weighted by molar-refractivity contribution is 9.10. The average Bonchev–Trinajstić information content (AvgIpc) is 2.71. The first-order valence-electron chi connectivity index (χ1n) is 4.85. The lowest BCUT2D eigenvalue weighted by atomic mass is 10.1. The number of hydrogen-bond acceptors (Lipinski definition) is 3. The van der Waals surface area contributed by atoms with Crippen molar-refractivity contribution in [1.82, 2.24) is 10.2 Å². The number of methoxy groups -OCH3 is 1. The summed E-state index contributed by atoms with van der Waals surface area (Å²) in [5, 5.41) is 15.3. The van der Waals surface area contributed by atoms with E-state index in [-0.39, 0.29) is 10.7 Å². The van der Waals surface area contributed by atoms with Gasteiger partial charge in [0.1, 0.15) is 16.5 Å². The van der Waals surface area contributed by atoms with Gasteiger partial charge in [0.2, 0.25) is 0 Å². The Kier molecular flexibility index (Phi) is 3.58. The van der Waals surface area contributed by atoms with E-state index in [1.807, 2.05) is 0 Å². The summed E-state index contributed by atoms with van der Waals surface area (Å²) in [5.41, 5.74) is 0.807. The molecule has 1 aromatic carbocycles. The molecule has 2 rings (SSSR count). The molecule has 1 heterocycles. The van der Waals surface area contributed by atoms with Gasteiger partial charge in [-0.05, 0) is 18.2 Å². The summed E-state index contributed by atoms with van der Waals surface area (Å²) in [7, 11) is 1.52. The van der Waals surface area contributed by atoms with E-state index < -0.39 is 5.97 Å². The zero-order chi connectivity index (χ0) is 13.3. The largest absolute Gasteiger partial charge is 0.496 e. The van der Waals surface area contributed by atoms with Crippen LogP contribution in [0.2, 0.25) is 5.02 Å². The third kappa shape index (κ3) is 2.21. The highest BCUT2D eigenvalue weighted by atomic mass is 79.9. The molecule has 2 aromatic rings. The van der Waals surface area contributed by atoms with E-state index >= 15 is 0 Å². The quantitative estimate of drug-likeness (QED) is 0.905. The summed E-state index contributed by atoms with van der Waals surface area (Å²) < 4.78 is 6.01. The third-order valence-electron chi connectivity index (χ3n) is 2.34. The number of H-pyrrole nitrogens is 1. The van der Waals surface area contributed by atoms with Gasteiger partial charge in [0.05, 0.1) is 7.11 Å². The number of ether oxygens (including phenoxy) is 1. The lowest BCUT2D eigenvalue weighted by Gasteiger charge is -2.06. The van der Waals surface area contributed by atoms with Gasteiger partial charge in [0, 0.05) is 10.0 Å². The Morgan fingerprint density at radius 1 is 1.56 bits per heavy atom. The molecule has 0 aliphatic heterocycles. The van der Waals surface area contributed by atoms with Crippen LogP contribution in [0.3, 0.4) is 0 Å². The monoisotopic (exact) mass is 330 g/mol. The van der Waals surface area contributed by atoms with Crippen LogP contribution < -0.4 is 4.74 Å². The molecule has 0 saturated heterocycles. The van der Waals surface area contributed by atoms with Gasteiger partial charge >= 0.3 is 5.97 Å². The molecule has 1 aromatic heterocycles. The standard InChI is InChI=1S/C11H8BrClN2O3/c1-18-7-3-2-5(12)4-6(7)9-8(13)10(11(16)17)15-14-9/h2-4H,1H3,(H,14,15)(H,16,17). The van der Waals surface area contributed by atoms with Crippen molar-refractivity contribution < 1.29 is 14.6 Å². The third-order valence-corrected chi connectivity index (χ3v) is 3.20. The van der Waals surface area contributed by atoms with Crippen molar-refractivity contribution in [1.29, 1.82) is 0 Å². The topological polar surface area (TPSA) is 75.2 Å². The predicted octanol–water partition coefficient (Wildman–Crippen LogP) is 3.20. The molecule has 0 amide bonds. The number of benzene rings is 1. The molecule has 0 fully saturated rings. The Balaban J connectivity index is 2.61. The minimum absolute atomic E-state index is 0.0545. The van der Waals surface area contributed by atoms with Gasteiger partial charge in [-0.1, -0.05) is 27.5 Å². The second-order valence-corrected chi connectivity index (χ2v) is 4.70. The number of aromatic nitrogens is 2. The molecule has 0 aliphatic carbocycles. The SMILES string of the molecule is COc1ccc(Br)cc1-c1n[nH]c(C(=O)O)c1Cl. The maximum Gasteiger partial charge on any atom is 0.355 e. The second-order valence-electron chi connectivity index (χ2n) is 3.41. The highest BCUT2D eigenvalue weighted by Gasteiger charge is 2.20. The molecule has 0 spiro atoms. The fraction of sp³-hybridized carbons (Fsp3) is 0.0909. The summed E-state index contributed by atoms with van der Waals surface area (Å²) in [4.78, 5) is 10.9. The minimum Gasteiger partial charge on any atom is -0.496 e. The van der Waals surface area contributed by atoms with Crippen LogP contribution in [-0.2, 0) is 0 Å². The molecule has 0 saturated carbocycles. The highest BCUT2D eigenvalue weighted by Crippen LogP contribution is 2.36. The molecule has 2 N–H and O–H groups in total. The first-order chi connectivity index (χ1) is 8.54. The van der Waals surface area contributed by atoms with Crippen LogP contribution in [0.1, 0.15) is 10.5 Å². The number of aromatic amines is 1. The van der Waals surface area contributed by atoms with Crippen molar-refractivity contribution >= 4 is 33.5 Å². The van der Waals surface area contributed by atoms with E-state index in [0.717, 1.165) is 4.47 Å². The summed E-state index contributed by atoms with van der Waals surface area (Å²) in [6, 6.07) is 5.30. The van der Waals surface area contributed by atoms with Crippen molar-refractivity contribution in [2.24, 2.45) is 0 Å². The van der Waals surface area contributed by atoms with Gasteiger partial charge in [-0.3, -0.25) is 5.10 Å². The number of aromatic carboxylic acids is 1. The lowest BCUT2D eigenvalue weighted by Crippen LogP contribution is -1.96. The van der Waals surface area contributed by atoms with Crippen LogP contribution in [0.5, 0.6) is 5.75 Å². The van der Waals surface area contributed by atoms with E-state index in [1.165, 1.54) is 7.11 Å². The van der Waals surface area contributed by atoms with Crippen LogP contribution >= 0.6 is 27.5 Å². The van der Waals surface area contributed by atoms with Crippen LogP contribution in [0, 0.1) is 0 Å². The number of carboxylic acid groups (broad SMARTS) is 1. The molecule has 5 nitrogen and oxygen atoms in total. The normalized spacial score (nSPS) is 10.4. The zero-order valence-corrected chi connectivity index (χ0v) is 11.5. The molecule has 0 radical (unpaired) electrons. The van der Waals surface area contributed by atoms with Gasteiger partial charge in [0.25, 0.3) is 0 Å². The summed E-state index contributed by atoms with van der Waals surface area (Å²) in [6.07, 6.45) is 0. The number of carboxylic acids is 1. The minimum atomic E-state index is -1.16. The van der Waals surface area contributed by atoms with Crippen molar-refractivity contribution in [3.8, 4) is 17.0 Å². The number of carbonyl (C=O) groups is 1. The molecule has 94 valence electrons. The number of halogens is 2. The number of nitrogens with zero attached hydrogens (tertiary/aromatic N) is 1. The van der Waals surface area contributed by atoms with Crippen molar-refractivity contribution in [3.63, 3.8) is 0 Å². The number of nitrogens with one attached hydrogen (secondary N) is 1. The molecule has 0 aliphatic rings. The molecular formula is C11H8BrClN2O3. The zero-order valence-electron chi connectivity index (χ0n) is 9.20. The Hall–Kier alpha value is -1.53. The van der Waals surface area contributed by atoms with E-state index in [9.17, 15) is 4.79 Å². The van der Waals surface area contributed by atoms with Crippen LogP contribution in [0.25, 0.3) is 11.3 Å². The average molecular weight is 332 g/mol. The van der Waals surface area contributed by atoms with Crippen molar-refractivity contribution in [3.05, 3.63) is 33.4 Å². The first kappa shape index (κ1) is 12.9. The Bertz CT molecular complexity index is 612. The predicted molar refractivity (Wildman–Crippen MR) is 70.2 cm³/mol. The van der Waals surface area contributed by atoms with Crippen molar-refractivity contribution in [2.45, 2.75) is 0 Å². The lowest BCUT2D eigenvalue weighted by molar-refractivity contribution is 0.0690. The van der Waals surface area contributed by atoms with Gasteiger partial charge in [-0.25, -0.2) is 4.79 Å². The molecule has 0 bridgehead atoms. The van der Waals surface area contributed by atoms with E-state index in [2.05, 4.69) is 26.1 Å². The fourth-order valence-electron chi connectivity index (χ4n) is 1.51. The van der Waals surface area contributed by atoms with Gasteiger partial charge in [-0.15, -0.1) is 0 Å². The van der Waals surface area contributed by atoms with Crippen molar-refractivity contribution in [2.75, 3.05) is 7.11 Å². The van der Waals surface area contributed by atoms with E-state index in [4.69, 9.17) is 21.4 Å². The fourth-order valence-corrected chi connectivity index (χ4v) is 2.14. The summed E-state index contributed by atoms with van der Waals surface area (Å²) >= 11 is 9.32. The van der Waals surface area contributed by atoms with Crippen LogP contribution in [0.4, 0.5) is 0 Å². The molecule has 7 heteroatoms. The number of hydrogen-bond donors (Lipinski definition) is 2. The van der Waals surface area contributed by atoms with Gasteiger partial charge in [-0.2, -0.15) is 5.10 Å². The smallest absolute Gasteiger partial charge is 0.355 e. The second kappa shape index (κ2) is 4.99. The summed E-state index contributed by atoms with van der Waals surface area (Å²) in [5.74, 6) is -0.601. The molecule has 18 heavy (non-hydrogen) atoms. The molecule has 0 unspecified atom stereocenters. The Morgan fingerprint density at radius 3 is 2.83 bits per heavy atom. The maximum atomic E-state index is 10.9. The molecule has 0 atom stereocenters. The van der Waals surface area contributed by atoms with Crippen LogP contribution in [-0.4, -0.2) is 28.4 Å². The number of rotatable bonds is 3. The summed E-state index contributed by atoms with van der Waals surface area (Å²) in [6.45, 7) is 0. The van der Waals surface area contributed by atoms with E-state index in [1.54, 1.807) is 18.2 Å². The maximum absolute atomic E-state index is 10.9. The van der Waals surface area contributed by atoms with Gasteiger partial charge < -0.3 is 9.84 Å². The first-order valence-corrected chi connectivity index (χ1v) is 6.02. The Morgan fingerprint density at radius 2 is 2.28 bits per heavy atom. The van der Waals surface area contributed by atoms with Crippen LogP contribution in [0.15, 0.2) is 22.7 Å². The van der Waals surface area contributed by atoms with Gasteiger partial charge in [0.15, 0.2) is 5.69 Å².